The number of hydrogen-bond acceptors (Lipinski definition) is 7. The van der Waals surface area contributed by atoms with Crippen molar-refractivity contribution < 1.29 is 18.4 Å². The number of ether oxygens (including phenoxy) is 3. The monoisotopic (exact) mass is 461 g/mol. The third-order valence-corrected chi connectivity index (χ3v) is 5.77. The van der Waals surface area contributed by atoms with Crippen molar-refractivity contribution in [2.75, 3.05) is 20.3 Å². The zero-order chi connectivity index (χ0) is 21.6. The molecule has 0 bridgehead atoms. The van der Waals surface area contributed by atoms with Gasteiger partial charge in [0.15, 0.2) is 10.8 Å². The molecule has 4 rings (SSSR count). The van der Waals surface area contributed by atoms with Crippen molar-refractivity contribution in [1.29, 1.82) is 0 Å². The third kappa shape index (κ3) is 5.86. The Labute approximate surface area is 210 Å². The van der Waals surface area contributed by atoms with Crippen LogP contribution in [0, 0.1) is 6.92 Å². The number of imidazole rings is 1. The fraction of sp³-hybridized carbons (Fsp3) is 0.227. The summed E-state index contributed by atoms with van der Waals surface area (Å²) < 4.78 is 29.4. The van der Waals surface area contributed by atoms with Gasteiger partial charge in [0.05, 0.1) is 34.9 Å². The van der Waals surface area contributed by atoms with Gasteiger partial charge in [0.25, 0.3) is 0 Å². The van der Waals surface area contributed by atoms with Gasteiger partial charge in [-0.1, -0.05) is 18.2 Å². The Bertz CT molecular complexity index is 1200. The number of methoxy groups -OCH3 is 1. The first-order chi connectivity index (χ1) is 15.1. The molecule has 0 saturated carbocycles. The number of aromatic amines is 1. The van der Waals surface area contributed by atoms with E-state index in [0.29, 0.717) is 46.9 Å². The summed E-state index contributed by atoms with van der Waals surface area (Å²) in [5.74, 6) is 2.16. The maximum Gasteiger partial charge on any atom is 0.215 e. The van der Waals surface area contributed by atoms with Crippen molar-refractivity contribution in [3.05, 3.63) is 66.0 Å². The predicted molar refractivity (Wildman–Crippen MR) is 123 cm³/mol. The van der Waals surface area contributed by atoms with Gasteiger partial charge in [0.1, 0.15) is 24.7 Å². The van der Waals surface area contributed by atoms with Crippen molar-refractivity contribution in [2.24, 2.45) is 0 Å². The van der Waals surface area contributed by atoms with Gasteiger partial charge >= 0.3 is 0 Å². The van der Waals surface area contributed by atoms with Gasteiger partial charge in [0, 0.05) is 47.4 Å². The molecule has 0 aliphatic heterocycles. The molecule has 4 aromatic rings. The summed E-state index contributed by atoms with van der Waals surface area (Å²) in [6.07, 6.45) is 1.64. The number of hydrogen-bond donors (Lipinski definition) is 1. The van der Waals surface area contributed by atoms with Gasteiger partial charge in [-0.05, 0) is 31.2 Å². The predicted octanol–water partition coefficient (Wildman–Crippen LogP) is 3.05. The van der Waals surface area contributed by atoms with Crippen molar-refractivity contribution in [3.8, 4) is 17.4 Å². The van der Waals surface area contributed by atoms with E-state index in [4.69, 9.17) is 14.2 Å². The molecular formula is C22H22N4NaO4S. The Hall–Kier alpha value is -2.46. The van der Waals surface area contributed by atoms with Crippen LogP contribution in [-0.4, -0.2) is 74.0 Å². The summed E-state index contributed by atoms with van der Waals surface area (Å²) in [7, 11) is 0.191. The maximum atomic E-state index is 12.8. The molecule has 1 N–H and O–H groups in total. The molecule has 161 valence electrons. The quantitative estimate of drug-likeness (QED) is 0.302. The zero-order valence-corrected chi connectivity index (χ0v) is 21.0. The molecule has 3 aromatic heterocycles. The molecule has 1 atom stereocenters. The Balaban J connectivity index is 0.00000289. The summed E-state index contributed by atoms with van der Waals surface area (Å²) in [6.45, 7) is 2.63. The minimum absolute atomic E-state index is 0. The maximum absolute atomic E-state index is 12.8. The van der Waals surface area contributed by atoms with E-state index < -0.39 is 10.8 Å². The molecule has 1 unspecified atom stereocenters. The number of rotatable bonds is 9. The van der Waals surface area contributed by atoms with Crippen LogP contribution < -0.4 is 14.2 Å². The molecule has 0 amide bonds. The number of H-pyrrole nitrogens is 1. The van der Waals surface area contributed by atoms with E-state index >= 15 is 0 Å². The Morgan fingerprint density at radius 3 is 2.56 bits per heavy atom. The number of fused-ring (bicyclic) bond motifs is 1. The molecule has 0 saturated heterocycles. The molecule has 0 fully saturated rings. The normalized spacial score (nSPS) is 11.6. The molecule has 8 nitrogen and oxygen atoms in total. The van der Waals surface area contributed by atoms with Crippen LogP contribution in [0.3, 0.4) is 0 Å². The molecule has 32 heavy (non-hydrogen) atoms. The SMILES string of the molecule is COc1ccnc(CS(=O)c2nc3nc(OCCOc4ccccc4)ccc3[nH]2)c1C.[Na]. The van der Waals surface area contributed by atoms with E-state index in [1.165, 1.54) is 0 Å². The van der Waals surface area contributed by atoms with Crippen LogP contribution >= 0.6 is 0 Å². The summed E-state index contributed by atoms with van der Waals surface area (Å²) in [4.78, 5) is 16.2. The first-order valence-electron chi connectivity index (χ1n) is 9.68. The first kappa shape index (κ1) is 24.2. The second-order valence-corrected chi connectivity index (χ2v) is 8.01. The molecule has 0 spiro atoms. The summed E-state index contributed by atoms with van der Waals surface area (Å²) in [5, 5.41) is 0.344. The number of nitrogens with zero attached hydrogens (tertiary/aromatic N) is 3. The minimum atomic E-state index is -1.41. The number of nitrogens with one attached hydrogen (secondary N) is 1. The Kier molecular flexibility index (Phi) is 8.63. The van der Waals surface area contributed by atoms with Crippen LogP contribution in [0.1, 0.15) is 11.3 Å². The number of para-hydroxylation sites is 1. The number of aromatic nitrogens is 4. The molecule has 1 aromatic carbocycles. The van der Waals surface area contributed by atoms with Gasteiger partial charge in [0.2, 0.25) is 5.88 Å². The minimum Gasteiger partial charge on any atom is -0.496 e. The van der Waals surface area contributed by atoms with E-state index in [1.807, 2.05) is 37.3 Å². The fourth-order valence-corrected chi connectivity index (χ4v) is 4.07. The van der Waals surface area contributed by atoms with Crippen molar-refractivity contribution >= 4 is 51.5 Å². The van der Waals surface area contributed by atoms with E-state index in [2.05, 4.69) is 19.9 Å². The van der Waals surface area contributed by atoms with E-state index in [0.717, 1.165) is 11.3 Å². The average Bonchev–Trinajstić information content (AvgIpc) is 3.22. The van der Waals surface area contributed by atoms with E-state index in [-0.39, 0.29) is 35.3 Å². The van der Waals surface area contributed by atoms with Crippen LogP contribution in [0.2, 0.25) is 0 Å². The first-order valence-corrected chi connectivity index (χ1v) is 11.0. The summed E-state index contributed by atoms with van der Waals surface area (Å²) in [5.41, 5.74) is 2.70. The smallest absolute Gasteiger partial charge is 0.215 e. The fourth-order valence-electron chi connectivity index (χ4n) is 2.98. The van der Waals surface area contributed by atoms with Crippen molar-refractivity contribution in [3.63, 3.8) is 0 Å². The Morgan fingerprint density at radius 2 is 1.78 bits per heavy atom. The molecular weight excluding hydrogens is 439 g/mol. The van der Waals surface area contributed by atoms with Crippen LogP contribution in [0.25, 0.3) is 11.2 Å². The molecule has 10 heteroatoms. The van der Waals surface area contributed by atoms with Crippen LogP contribution in [0.15, 0.2) is 59.9 Å². The van der Waals surface area contributed by atoms with E-state index in [9.17, 15) is 4.21 Å². The second-order valence-electron chi connectivity index (χ2n) is 6.65. The van der Waals surface area contributed by atoms with Gasteiger partial charge in [-0.15, -0.1) is 0 Å². The second kappa shape index (κ2) is 11.4. The van der Waals surface area contributed by atoms with E-state index in [1.54, 1.807) is 31.5 Å². The topological polar surface area (TPSA) is 99.2 Å². The zero-order valence-electron chi connectivity index (χ0n) is 18.2. The van der Waals surface area contributed by atoms with Crippen molar-refractivity contribution in [2.45, 2.75) is 17.8 Å². The molecule has 0 aliphatic rings. The molecule has 3 heterocycles. The number of benzene rings is 1. The Morgan fingerprint density at radius 1 is 1.00 bits per heavy atom. The molecule has 0 aliphatic carbocycles. The molecule has 1 radical (unpaired) electrons. The van der Waals surface area contributed by atoms with Gasteiger partial charge in [-0.2, -0.15) is 4.98 Å². The van der Waals surface area contributed by atoms with Crippen LogP contribution in [0.5, 0.6) is 17.4 Å². The van der Waals surface area contributed by atoms with Gasteiger partial charge in [-0.3, -0.25) is 9.19 Å². The van der Waals surface area contributed by atoms with Crippen molar-refractivity contribution in [1.82, 2.24) is 19.9 Å². The number of pyridine rings is 2. The third-order valence-electron chi connectivity index (χ3n) is 4.61. The average molecular weight is 461 g/mol. The van der Waals surface area contributed by atoms with Gasteiger partial charge in [-0.25, -0.2) is 4.98 Å². The summed E-state index contributed by atoms with van der Waals surface area (Å²) in [6, 6.07) is 14.9. The van der Waals surface area contributed by atoms with Crippen LogP contribution in [-0.2, 0) is 16.6 Å². The standard InChI is InChI=1S/C22H22N4O4S.Na/c1-15-18(23-11-10-19(15)28-2)14-31(27)22-24-17-8-9-20(25-21(17)26-22)30-13-12-29-16-6-4-3-5-7-16;/h3-11H,12-14H2,1-2H3,(H,24,25,26);. The van der Waals surface area contributed by atoms with Gasteiger partial charge < -0.3 is 19.2 Å². The largest absolute Gasteiger partial charge is 0.496 e. The van der Waals surface area contributed by atoms with Crippen LogP contribution in [0.4, 0.5) is 0 Å². The summed E-state index contributed by atoms with van der Waals surface area (Å²) >= 11 is 0.